The Morgan fingerprint density at radius 2 is 1.91 bits per heavy atom. The van der Waals surface area contributed by atoms with Crippen LogP contribution < -0.4 is 15.6 Å². The van der Waals surface area contributed by atoms with E-state index in [-0.39, 0.29) is 18.2 Å². The zero-order valence-electron chi connectivity index (χ0n) is 24.6. The van der Waals surface area contributed by atoms with Gasteiger partial charge < -0.3 is 24.6 Å². The number of ether oxygens (including phenoxy) is 1. The Morgan fingerprint density at radius 1 is 1.17 bits per heavy atom. The number of benzene rings is 1. The van der Waals surface area contributed by atoms with Gasteiger partial charge in [0, 0.05) is 49.1 Å². The second-order valence-corrected chi connectivity index (χ2v) is 10.3. The Labute approximate surface area is 260 Å². The molecule has 0 radical (unpaired) electrons. The number of likely N-dealkylation sites (tertiary alicyclic amines) is 1. The third kappa shape index (κ3) is 7.40. The molecule has 4 aromatic heterocycles. The highest BCUT2D eigenvalue weighted by Crippen LogP contribution is 2.23. The monoisotopic (exact) mass is 637 g/mol. The van der Waals surface area contributed by atoms with Crippen LogP contribution in [0.5, 0.6) is 5.88 Å². The molecule has 1 aromatic carbocycles. The maximum Gasteiger partial charge on any atom is 0.490 e. The highest BCUT2D eigenvalue weighted by molar-refractivity contribution is 5.77. The standard InChI is InChI=1S/C28H29N9O2.C2HF3O2/c1-3-13-36-27(38)23-18-30-28(31-20-6-4-7-21(17-20)35-16-12-29-19-35)33-26(23)37(36)24-8-5-9-25(32-24)39-22-10-14-34(2)15-11-22;3-2(4,5)1(6)7/h3-9,12,16-19,22H,1,10-11,13-15H2,2H3,(H,30,31,33);(H,6,7). The van der Waals surface area contributed by atoms with Crippen LogP contribution in [0.25, 0.3) is 22.5 Å². The number of pyridine rings is 1. The molecular formula is C30H30F3N9O4. The maximum absolute atomic E-state index is 13.3. The lowest BCUT2D eigenvalue weighted by molar-refractivity contribution is -0.192. The predicted octanol–water partition coefficient (Wildman–Crippen LogP) is 4.20. The van der Waals surface area contributed by atoms with Crippen molar-refractivity contribution in [2.24, 2.45) is 0 Å². The summed E-state index contributed by atoms with van der Waals surface area (Å²) in [6.07, 6.45) is 5.47. The first kappa shape index (κ1) is 31.9. The quantitative estimate of drug-likeness (QED) is 0.238. The van der Waals surface area contributed by atoms with E-state index < -0.39 is 12.1 Å². The Morgan fingerprint density at radius 3 is 2.59 bits per heavy atom. The fourth-order valence-corrected chi connectivity index (χ4v) is 4.75. The van der Waals surface area contributed by atoms with Crippen molar-refractivity contribution in [3.05, 3.63) is 90.4 Å². The van der Waals surface area contributed by atoms with Crippen LogP contribution in [-0.4, -0.2) is 82.3 Å². The van der Waals surface area contributed by atoms with E-state index in [2.05, 4.69) is 33.8 Å². The van der Waals surface area contributed by atoms with Crippen molar-refractivity contribution in [1.29, 1.82) is 0 Å². The van der Waals surface area contributed by atoms with E-state index in [9.17, 15) is 18.0 Å². The molecule has 1 aliphatic rings. The molecular weight excluding hydrogens is 607 g/mol. The van der Waals surface area contributed by atoms with Gasteiger partial charge in [-0.1, -0.05) is 18.2 Å². The number of piperidine rings is 1. The summed E-state index contributed by atoms with van der Waals surface area (Å²) in [5.74, 6) is -1.35. The van der Waals surface area contributed by atoms with E-state index in [4.69, 9.17) is 24.6 Å². The third-order valence-corrected chi connectivity index (χ3v) is 7.00. The topological polar surface area (TPSA) is 145 Å². The minimum Gasteiger partial charge on any atom is -0.475 e. The Hall–Kier alpha value is -5.51. The molecule has 13 nitrogen and oxygen atoms in total. The first-order chi connectivity index (χ1) is 22.0. The third-order valence-electron chi connectivity index (χ3n) is 7.00. The molecule has 0 bridgehead atoms. The van der Waals surface area contributed by atoms with Gasteiger partial charge in [-0.2, -0.15) is 23.1 Å². The van der Waals surface area contributed by atoms with Crippen molar-refractivity contribution < 1.29 is 27.8 Å². The number of allylic oxidation sites excluding steroid dienone is 1. The van der Waals surface area contributed by atoms with Crippen molar-refractivity contribution in [2.75, 3.05) is 25.5 Å². The van der Waals surface area contributed by atoms with Crippen molar-refractivity contribution >= 4 is 28.6 Å². The largest absolute Gasteiger partial charge is 0.490 e. The summed E-state index contributed by atoms with van der Waals surface area (Å²) in [6, 6.07) is 13.4. The summed E-state index contributed by atoms with van der Waals surface area (Å²) < 4.78 is 43.1. The van der Waals surface area contributed by atoms with E-state index in [1.54, 1.807) is 34.2 Å². The second-order valence-electron chi connectivity index (χ2n) is 10.3. The number of fused-ring (bicyclic) bond motifs is 1. The molecule has 46 heavy (non-hydrogen) atoms. The minimum absolute atomic E-state index is 0.108. The Kier molecular flexibility index (Phi) is 9.46. The van der Waals surface area contributed by atoms with Gasteiger partial charge in [0.15, 0.2) is 11.5 Å². The molecule has 5 heterocycles. The SMILES string of the molecule is C=CCn1c(=O)c2cnc(Nc3cccc(-n4ccnc4)c3)nc2n1-c1cccc(OC2CCN(C)CC2)n1.O=C(O)C(F)(F)F. The molecule has 1 saturated heterocycles. The van der Waals surface area contributed by atoms with E-state index in [0.29, 0.717) is 28.7 Å². The smallest absolute Gasteiger partial charge is 0.475 e. The summed E-state index contributed by atoms with van der Waals surface area (Å²) in [4.78, 5) is 42.5. The first-order valence-electron chi connectivity index (χ1n) is 14.1. The van der Waals surface area contributed by atoms with Gasteiger partial charge in [-0.3, -0.25) is 4.79 Å². The summed E-state index contributed by atoms with van der Waals surface area (Å²) in [5, 5.41) is 10.8. The maximum atomic E-state index is 13.3. The van der Waals surface area contributed by atoms with Crippen LogP contribution in [0.3, 0.4) is 0 Å². The average Bonchev–Trinajstić information content (AvgIpc) is 3.66. The van der Waals surface area contributed by atoms with E-state index >= 15 is 0 Å². The fraction of sp³-hybridized carbons (Fsp3) is 0.267. The molecule has 0 aliphatic carbocycles. The molecule has 0 unspecified atom stereocenters. The molecule has 0 spiro atoms. The highest BCUT2D eigenvalue weighted by atomic mass is 19.4. The van der Waals surface area contributed by atoms with Crippen LogP contribution in [0.15, 0.2) is 84.8 Å². The van der Waals surface area contributed by atoms with Gasteiger partial charge >= 0.3 is 12.1 Å². The lowest BCUT2D eigenvalue weighted by Gasteiger charge is -2.29. The van der Waals surface area contributed by atoms with Gasteiger partial charge in [0.2, 0.25) is 11.8 Å². The fourth-order valence-electron chi connectivity index (χ4n) is 4.75. The Bertz CT molecular complexity index is 1880. The molecule has 1 fully saturated rings. The van der Waals surface area contributed by atoms with Crippen LogP contribution in [0, 0.1) is 0 Å². The zero-order valence-corrected chi connectivity index (χ0v) is 24.6. The Balaban J connectivity index is 0.000000537. The summed E-state index contributed by atoms with van der Waals surface area (Å²) >= 11 is 0. The first-order valence-corrected chi connectivity index (χ1v) is 14.1. The van der Waals surface area contributed by atoms with Gasteiger partial charge in [0.1, 0.15) is 11.5 Å². The number of imidazole rings is 1. The molecule has 240 valence electrons. The van der Waals surface area contributed by atoms with Crippen LogP contribution in [0.4, 0.5) is 24.8 Å². The number of carboxylic acids is 1. The summed E-state index contributed by atoms with van der Waals surface area (Å²) in [6.45, 7) is 6.09. The van der Waals surface area contributed by atoms with Crippen LogP contribution >= 0.6 is 0 Å². The molecule has 6 rings (SSSR count). The number of hydrogen-bond donors (Lipinski definition) is 2. The van der Waals surface area contributed by atoms with E-state index in [1.807, 2.05) is 53.2 Å². The molecule has 0 amide bonds. The van der Waals surface area contributed by atoms with Crippen molar-refractivity contribution in [3.63, 3.8) is 0 Å². The molecule has 16 heteroatoms. The molecule has 5 aromatic rings. The number of aromatic nitrogens is 7. The number of alkyl halides is 3. The van der Waals surface area contributed by atoms with Crippen molar-refractivity contribution in [1.82, 2.24) is 38.8 Å². The van der Waals surface area contributed by atoms with Gasteiger partial charge in [-0.15, -0.1) is 6.58 Å². The highest BCUT2D eigenvalue weighted by Gasteiger charge is 2.38. The minimum atomic E-state index is -5.08. The number of carboxylic acid groups (broad SMARTS) is 1. The van der Waals surface area contributed by atoms with Crippen LogP contribution in [-0.2, 0) is 11.3 Å². The van der Waals surface area contributed by atoms with Crippen molar-refractivity contribution in [2.45, 2.75) is 31.7 Å². The lowest BCUT2D eigenvalue weighted by atomic mass is 10.1. The summed E-state index contributed by atoms with van der Waals surface area (Å²) in [7, 11) is 2.12. The number of carbonyl (C=O) groups is 1. The van der Waals surface area contributed by atoms with E-state index in [1.165, 1.54) is 0 Å². The molecule has 0 saturated carbocycles. The van der Waals surface area contributed by atoms with Gasteiger partial charge in [0.25, 0.3) is 5.56 Å². The number of nitrogens with zero attached hydrogens (tertiary/aromatic N) is 8. The molecule has 1 aliphatic heterocycles. The van der Waals surface area contributed by atoms with Gasteiger partial charge in [-0.05, 0) is 44.2 Å². The number of anilines is 2. The van der Waals surface area contributed by atoms with E-state index in [0.717, 1.165) is 37.3 Å². The molecule has 0 atom stereocenters. The normalized spacial score (nSPS) is 14.0. The number of nitrogens with one attached hydrogen (secondary N) is 1. The predicted molar refractivity (Wildman–Crippen MR) is 163 cm³/mol. The second kappa shape index (κ2) is 13.6. The van der Waals surface area contributed by atoms with Crippen LogP contribution in [0.2, 0.25) is 0 Å². The number of halogens is 3. The summed E-state index contributed by atoms with van der Waals surface area (Å²) in [5.41, 5.74) is 1.96. The number of aliphatic carboxylic acids is 1. The zero-order chi connectivity index (χ0) is 32.8. The van der Waals surface area contributed by atoms with Gasteiger partial charge in [-0.25, -0.2) is 24.1 Å². The average molecular weight is 638 g/mol. The molecule has 2 N–H and O–H groups in total. The van der Waals surface area contributed by atoms with Gasteiger partial charge in [0.05, 0.1) is 12.9 Å². The van der Waals surface area contributed by atoms with Crippen LogP contribution in [0.1, 0.15) is 12.8 Å². The lowest BCUT2D eigenvalue weighted by Crippen LogP contribution is -2.35. The number of hydrogen-bond acceptors (Lipinski definition) is 9. The number of rotatable bonds is 8. The van der Waals surface area contributed by atoms with Crippen molar-refractivity contribution in [3.8, 4) is 17.4 Å².